The lowest BCUT2D eigenvalue weighted by Gasteiger charge is -2.26. The Morgan fingerprint density at radius 3 is 2.86 bits per heavy atom. The van der Waals surface area contributed by atoms with Gasteiger partial charge in [-0.05, 0) is 31.4 Å². The minimum absolute atomic E-state index is 0.218. The van der Waals surface area contributed by atoms with Crippen LogP contribution >= 0.6 is 0 Å². The number of benzene rings is 1. The Kier molecular flexibility index (Phi) is 4.18. The van der Waals surface area contributed by atoms with Crippen LogP contribution in [0.15, 0.2) is 23.3 Å². The van der Waals surface area contributed by atoms with Crippen molar-refractivity contribution in [3.63, 3.8) is 0 Å². The SMILES string of the molecule is CC(C)CC(C)(O)CNc1cc2nc[nH]c(=O)c2cc1N. The lowest BCUT2D eigenvalue weighted by molar-refractivity contribution is 0.0516. The van der Waals surface area contributed by atoms with Crippen LogP contribution in [0.25, 0.3) is 10.9 Å². The van der Waals surface area contributed by atoms with Crippen molar-refractivity contribution >= 4 is 22.3 Å². The number of H-pyrrole nitrogens is 1. The number of rotatable bonds is 5. The molecular weight excluding hydrogens is 268 g/mol. The molecule has 0 aliphatic heterocycles. The van der Waals surface area contributed by atoms with Gasteiger partial charge in [-0.2, -0.15) is 0 Å². The molecule has 1 heterocycles. The molecule has 0 spiro atoms. The van der Waals surface area contributed by atoms with Gasteiger partial charge in [-0.3, -0.25) is 4.79 Å². The highest BCUT2D eigenvalue weighted by molar-refractivity contribution is 5.88. The summed E-state index contributed by atoms with van der Waals surface area (Å²) in [4.78, 5) is 18.3. The largest absolute Gasteiger partial charge is 0.397 e. The molecule has 0 radical (unpaired) electrons. The molecule has 5 N–H and O–H groups in total. The van der Waals surface area contributed by atoms with Gasteiger partial charge in [0.1, 0.15) is 0 Å². The molecule has 0 aliphatic rings. The number of nitrogens with two attached hydrogens (primary N) is 1. The third-order valence-corrected chi connectivity index (χ3v) is 3.32. The molecule has 0 fully saturated rings. The third-order valence-electron chi connectivity index (χ3n) is 3.32. The zero-order chi connectivity index (χ0) is 15.6. The molecule has 21 heavy (non-hydrogen) atoms. The minimum Gasteiger partial charge on any atom is -0.397 e. The minimum atomic E-state index is -0.822. The van der Waals surface area contributed by atoms with Crippen LogP contribution in [-0.2, 0) is 0 Å². The Morgan fingerprint density at radius 2 is 2.19 bits per heavy atom. The molecule has 1 aromatic heterocycles. The standard InChI is InChI=1S/C15H22N4O2/c1-9(2)6-15(3,21)7-17-13-5-12-10(4-11(13)16)14(20)19-8-18-12/h4-5,8-9,17,21H,6-7,16H2,1-3H3,(H,18,19,20). The topological polar surface area (TPSA) is 104 Å². The van der Waals surface area contributed by atoms with E-state index in [2.05, 4.69) is 29.1 Å². The second-order valence-corrected chi connectivity index (χ2v) is 6.14. The Hall–Kier alpha value is -2.08. The summed E-state index contributed by atoms with van der Waals surface area (Å²) in [5, 5.41) is 13.9. The smallest absolute Gasteiger partial charge is 0.258 e. The maximum atomic E-state index is 11.7. The van der Waals surface area contributed by atoms with Crippen LogP contribution in [0.3, 0.4) is 0 Å². The van der Waals surface area contributed by atoms with Crippen molar-refractivity contribution in [2.24, 2.45) is 5.92 Å². The Labute approximate surface area is 123 Å². The van der Waals surface area contributed by atoms with E-state index in [9.17, 15) is 9.90 Å². The summed E-state index contributed by atoms with van der Waals surface area (Å²) in [5.74, 6) is 0.399. The van der Waals surface area contributed by atoms with Crippen LogP contribution < -0.4 is 16.6 Å². The third kappa shape index (κ3) is 3.72. The number of nitrogen functional groups attached to an aromatic ring is 1. The number of nitrogens with zero attached hydrogens (tertiary/aromatic N) is 1. The first kappa shape index (κ1) is 15.3. The molecule has 0 bridgehead atoms. The molecule has 114 valence electrons. The summed E-state index contributed by atoms with van der Waals surface area (Å²) in [5.41, 5.74) is 6.62. The van der Waals surface area contributed by atoms with E-state index in [-0.39, 0.29) is 5.56 Å². The maximum absolute atomic E-state index is 11.7. The molecule has 2 rings (SSSR count). The molecule has 1 aromatic carbocycles. The van der Waals surface area contributed by atoms with Gasteiger partial charge in [-0.25, -0.2) is 4.98 Å². The fraction of sp³-hybridized carbons (Fsp3) is 0.467. The zero-order valence-electron chi connectivity index (χ0n) is 12.6. The average Bonchev–Trinajstić information content (AvgIpc) is 2.36. The van der Waals surface area contributed by atoms with E-state index in [0.717, 1.165) is 0 Å². The summed E-state index contributed by atoms with van der Waals surface area (Å²) in [7, 11) is 0. The molecule has 0 saturated heterocycles. The Morgan fingerprint density at radius 1 is 1.48 bits per heavy atom. The number of fused-ring (bicyclic) bond motifs is 1. The molecule has 1 unspecified atom stereocenters. The van der Waals surface area contributed by atoms with Crippen LogP contribution in [0.1, 0.15) is 27.2 Å². The zero-order valence-corrected chi connectivity index (χ0v) is 12.6. The first-order valence-electron chi connectivity index (χ1n) is 7.02. The normalized spacial score (nSPS) is 14.3. The van der Waals surface area contributed by atoms with Crippen molar-refractivity contribution in [2.75, 3.05) is 17.6 Å². The van der Waals surface area contributed by atoms with E-state index in [4.69, 9.17) is 5.73 Å². The highest BCUT2D eigenvalue weighted by Gasteiger charge is 2.22. The molecule has 0 saturated carbocycles. The van der Waals surface area contributed by atoms with Gasteiger partial charge in [0.25, 0.3) is 5.56 Å². The van der Waals surface area contributed by atoms with E-state index >= 15 is 0 Å². The maximum Gasteiger partial charge on any atom is 0.258 e. The van der Waals surface area contributed by atoms with Crippen molar-refractivity contribution in [3.8, 4) is 0 Å². The second-order valence-electron chi connectivity index (χ2n) is 6.14. The van der Waals surface area contributed by atoms with Crippen LogP contribution in [0.2, 0.25) is 0 Å². The van der Waals surface area contributed by atoms with E-state index in [1.54, 1.807) is 19.1 Å². The molecular formula is C15H22N4O2. The monoisotopic (exact) mass is 290 g/mol. The van der Waals surface area contributed by atoms with E-state index in [0.29, 0.717) is 41.2 Å². The highest BCUT2D eigenvalue weighted by Crippen LogP contribution is 2.24. The number of aromatic amines is 1. The molecule has 0 amide bonds. The van der Waals surface area contributed by atoms with E-state index < -0.39 is 5.60 Å². The molecule has 2 aromatic rings. The average molecular weight is 290 g/mol. The van der Waals surface area contributed by atoms with Crippen LogP contribution in [-0.4, -0.2) is 27.2 Å². The molecule has 6 nitrogen and oxygen atoms in total. The summed E-state index contributed by atoms with van der Waals surface area (Å²) in [6.45, 7) is 6.30. The van der Waals surface area contributed by atoms with Crippen molar-refractivity contribution in [1.82, 2.24) is 9.97 Å². The van der Waals surface area contributed by atoms with Gasteiger partial charge < -0.3 is 21.1 Å². The first-order chi connectivity index (χ1) is 9.78. The van der Waals surface area contributed by atoms with Gasteiger partial charge in [-0.15, -0.1) is 0 Å². The Balaban J connectivity index is 2.23. The summed E-state index contributed by atoms with van der Waals surface area (Å²) in [6.07, 6.45) is 2.05. The predicted octanol–water partition coefficient (Wildman–Crippen LogP) is 1.71. The number of nitrogens with one attached hydrogen (secondary N) is 2. The quantitative estimate of drug-likeness (QED) is 0.628. The van der Waals surface area contributed by atoms with E-state index in [1.165, 1.54) is 6.33 Å². The summed E-state index contributed by atoms with van der Waals surface area (Å²) >= 11 is 0. The fourth-order valence-electron chi connectivity index (χ4n) is 2.52. The highest BCUT2D eigenvalue weighted by atomic mass is 16.3. The summed E-state index contributed by atoms with van der Waals surface area (Å²) < 4.78 is 0. The number of aromatic nitrogens is 2. The predicted molar refractivity (Wildman–Crippen MR) is 85.3 cm³/mol. The molecule has 6 heteroatoms. The number of anilines is 2. The number of aliphatic hydroxyl groups is 1. The first-order valence-corrected chi connectivity index (χ1v) is 7.02. The van der Waals surface area contributed by atoms with Gasteiger partial charge in [0, 0.05) is 6.54 Å². The van der Waals surface area contributed by atoms with Crippen molar-refractivity contribution in [3.05, 3.63) is 28.8 Å². The fourth-order valence-corrected chi connectivity index (χ4v) is 2.52. The number of hydrogen-bond donors (Lipinski definition) is 4. The van der Waals surface area contributed by atoms with E-state index in [1.807, 2.05) is 0 Å². The Bertz CT molecular complexity index is 692. The van der Waals surface area contributed by atoms with Gasteiger partial charge in [0.15, 0.2) is 0 Å². The summed E-state index contributed by atoms with van der Waals surface area (Å²) in [6, 6.07) is 3.33. The van der Waals surface area contributed by atoms with Crippen LogP contribution in [0.5, 0.6) is 0 Å². The van der Waals surface area contributed by atoms with Crippen molar-refractivity contribution in [1.29, 1.82) is 0 Å². The van der Waals surface area contributed by atoms with Gasteiger partial charge in [0.2, 0.25) is 0 Å². The van der Waals surface area contributed by atoms with Crippen molar-refractivity contribution < 1.29 is 5.11 Å². The molecule has 0 aliphatic carbocycles. The molecule has 1 atom stereocenters. The van der Waals surface area contributed by atoms with Gasteiger partial charge >= 0.3 is 0 Å². The lowest BCUT2D eigenvalue weighted by atomic mass is 9.94. The van der Waals surface area contributed by atoms with Gasteiger partial charge in [-0.1, -0.05) is 13.8 Å². The van der Waals surface area contributed by atoms with Crippen LogP contribution in [0.4, 0.5) is 11.4 Å². The van der Waals surface area contributed by atoms with Gasteiger partial charge in [0.05, 0.1) is 34.2 Å². The second kappa shape index (κ2) is 5.73. The lowest BCUT2D eigenvalue weighted by Crippen LogP contribution is -2.35. The number of hydrogen-bond acceptors (Lipinski definition) is 5. The van der Waals surface area contributed by atoms with Crippen LogP contribution in [0, 0.1) is 5.92 Å². The van der Waals surface area contributed by atoms with Crippen molar-refractivity contribution in [2.45, 2.75) is 32.8 Å².